The first-order chi connectivity index (χ1) is 11.1. The Morgan fingerprint density at radius 1 is 1.00 bits per heavy atom. The standard InChI is InChI=1S/C11H17.C10H15.2ClH.Zr/c1-5-10-7-11(6-2)9(4)8(10)3;1-7-6-10(4,5)9(3)8(7)2;;;/h10H,5-6H2,1-4H3;1-5H3;2*1H;/q2*-1;;;+4/p-2. The third kappa shape index (κ3) is 6.62. The molecule has 0 nitrogen and oxygen atoms in total. The predicted octanol–water partition coefficient (Wildman–Crippen LogP) is 7.99. The zero-order valence-corrected chi connectivity index (χ0v) is 20.7. The van der Waals surface area contributed by atoms with Crippen LogP contribution < -0.4 is 0 Å². The summed E-state index contributed by atoms with van der Waals surface area (Å²) in [5.74, 6) is 0.616. The second kappa shape index (κ2) is 11.2. The van der Waals surface area contributed by atoms with Crippen molar-refractivity contribution in [3.8, 4) is 0 Å². The van der Waals surface area contributed by atoms with Crippen molar-refractivity contribution in [2.75, 3.05) is 0 Å². The van der Waals surface area contributed by atoms with Crippen LogP contribution in [0.1, 0.15) is 75.2 Å². The van der Waals surface area contributed by atoms with Crippen molar-refractivity contribution >= 4 is 17.0 Å². The quantitative estimate of drug-likeness (QED) is 0.377. The third-order valence-corrected chi connectivity index (χ3v) is 5.24. The molecular weight excluding hydrogens is 414 g/mol. The molecule has 0 heterocycles. The van der Waals surface area contributed by atoms with Crippen molar-refractivity contribution < 1.29 is 20.8 Å². The average Bonchev–Trinajstić information content (AvgIpc) is 2.90. The Labute approximate surface area is 169 Å². The number of hydrogen-bond donors (Lipinski definition) is 0. The van der Waals surface area contributed by atoms with Crippen LogP contribution in [0.5, 0.6) is 0 Å². The Balaban J connectivity index is 0.000000381. The van der Waals surface area contributed by atoms with Gasteiger partial charge < -0.3 is 0 Å². The molecule has 0 amide bonds. The third-order valence-electron chi connectivity index (χ3n) is 5.24. The molecule has 0 radical (unpaired) electrons. The zero-order valence-electron chi connectivity index (χ0n) is 16.7. The van der Waals surface area contributed by atoms with E-state index in [4.69, 9.17) is 17.0 Å². The van der Waals surface area contributed by atoms with Crippen LogP contribution in [0.4, 0.5) is 0 Å². The minimum atomic E-state index is -0.826. The van der Waals surface area contributed by atoms with E-state index in [1.165, 1.54) is 39.9 Å². The SMILES string of the molecule is CC1=[C-]C(C)(C)C(C)=C1C.CCC1=[C-]C(CC)C(C)=C1C.[Cl][Zr+2][Cl]. The van der Waals surface area contributed by atoms with Crippen molar-refractivity contribution in [3.63, 3.8) is 0 Å². The van der Waals surface area contributed by atoms with Gasteiger partial charge in [-0.05, 0) is 0 Å². The molecule has 0 saturated carbocycles. The number of halogens is 2. The summed E-state index contributed by atoms with van der Waals surface area (Å²) < 4.78 is 0. The molecule has 0 aromatic heterocycles. The fourth-order valence-corrected chi connectivity index (χ4v) is 3.11. The molecule has 0 saturated heterocycles. The Hall–Kier alpha value is 0.423. The molecule has 1 unspecified atom stereocenters. The Bertz CT molecular complexity index is 548. The molecular formula is C21H32Cl2Zr. The van der Waals surface area contributed by atoms with E-state index in [9.17, 15) is 0 Å². The van der Waals surface area contributed by atoms with E-state index in [1.54, 1.807) is 0 Å². The van der Waals surface area contributed by atoms with Crippen molar-refractivity contribution in [2.45, 2.75) is 75.2 Å². The van der Waals surface area contributed by atoms with Gasteiger partial charge in [0.05, 0.1) is 0 Å². The van der Waals surface area contributed by atoms with Crippen LogP contribution in [0.25, 0.3) is 0 Å². The van der Waals surface area contributed by atoms with E-state index in [0.29, 0.717) is 5.92 Å². The summed E-state index contributed by atoms with van der Waals surface area (Å²) in [6.45, 7) is 19.8. The minimum absolute atomic E-state index is 0.189. The van der Waals surface area contributed by atoms with Crippen LogP contribution in [0.15, 0.2) is 33.4 Å². The van der Waals surface area contributed by atoms with Crippen LogP contribution in [0, 0.1) is 23.5 Å². The molecule has 3 heteroatoms. The first-order valence-electron chi connectivity index (χ1n) is 8.63. The Morgan fingerprint density at radius 3 is 1.67 bits per heavy atom. The molecule has 134 valence electrons. The molecule has 2 rings (SSSR count). The first kappa shape index (κ1) is 24.4. The molecule has 2 aliphatic rings. The van der Waals surface area contributed by atoms with Gasteiger partial charge in [-0.25, -0.2) is 11.1 Å². The summed E-state index contributed by atoms with van der Waals surface area (Å²) in [6, 6.07) is 0. The molecule has 0 aliphatic heterocycles. The van der Waals surface area contributed by atoms with Gasteiger partial charge in [0.25, 0.3) is 0 Å². The van der Waals surface area contributed by atoms with Gasteiger partial charge in [0.1, 0.15) is 0 Å². The summed E-state index contributed by atoms with van der Waals surface area (Å²) >= 11 is -0.826. The van der Waals surface area contributed by atoms with Gasteiger partial charge in [0.2, 0.25) is 0 Å². The summed E-state index contributed by atoms with van der Waals surface area (Å²) in [6.07, 6.45) is 9.31. The molecule has 24 heavy (non-hydrogen) atoms. The van der Waals surface area contributed by atoms with Gasteiger partial charge >= 0.3 is 37.9 Å². The summed E-state index contributed by atoms with van der Waals surface area (Å²) in [4.78, 5) is 0. The Morgan fingerprint density at radius 2 is 1.50 bits per heavy atom. The second-order valence-electron chi connectivity index (χ2n) is 6.94. The summed E-state index contributed by atoms with van der Waals surface area (Å²) in [7, 11) is 9.87. The van der Waals surface area contributed by atoms with Crippen LogP contribution >= 0.6 is 17.0 Å². The Kier molecular flexibility index (Phi) is 11.4. The fourth-order valence-electron chi connectivity index (χ4n) is 3.11. The summed E-state index contributed by atoms with van der Waals surface area (Å²) in [5.41, 5.74) is 8.85. The van der Waals surface area contributed by atoms with Crippen molar-refractivity contribution in [1.82, 2.24) is 0 Å². The van der Waals surface area contributed by atoms with E-state index in [-0.39, 0.29) is 5.41 Å². The first-order valence-corrected chi connectivity index (χ1v) is 15.0. The number of rotatable bonds is 2. The van der Waals surface area contributed by atoms with Crippen LogP contribution in [0.3, 0.4) is 0 Å². The molecule has 0 N–H and O–H groups in total. The van der Waals surface area contributed by atoms with Crippen molar-refractivity contribution in [2.24, 2.45) is 11.3 Å². The van der Waals surface area contributed by atoms with Crippen LogP contribution in [-0.2, 0) is 20.8 Å². The number of allylic oxidation sites excluding steroid dienone is 8. The van der Waals surface area contributed by atoms with E-state index in [0.717, 1.165) is 6.42 Å². The van der Waals surface area contributed by atoms with Gasteiger partial charge in [0, 0.05) is 0 Å². The van der Waals surface area contributed by atoms with Crippen LogP contribution in [0.2, 0.25) is 0 Å². The van der Waals surface area contributed by atoms with E-state index < -0.39 is 20.8 Å². The molecule has 2 aliphatic carbocycles. The molecule has 0 bridgehead atoms. The van der Waals surface area contributed by atoms with E-state index in [1.807, 2.05) is 0 Å². The van der Waals surface area contributed by atoms with Gasteiger partial charge in [-0.15, -0.1) is 13.8 Å². The van der Waals surface area contributed by atoms with Crippen LogP contribution in [-0.4, -0.2) is 0 Å². The topological polar surface area (TPSA) is 0 Å². The van der Waals surface area contributed by atoms with Gasteiger partial charge in [-0.3, -0.25) is 12.2 Å². The second-order valence-corrected chi connectivity index (χ2v) is 10.7. The number of hydrogen-bond acceptors (Lipinski definition) is 0. The molecule has 0 aromatic carbocycles. The maximum atomic E-state index is 4.93. The van der Waals surface area contributed by atoms with E-state index >= 15 is 0 Å². The van der Waals surface area contributed by atoms with E-state index in [2.05, 4.69) is 74.5 Å². The molecule has 0 aromatic rings. The predicted molar refractivity (Wildman–Crippen MR) is 105 cm³/mol. The molecule has 0 fully saturated rings. The monoisotopic (exact) mass is 444 g/mol. The van der Waals surface area contributed by atoms with Gasteiger partial charge in [-0.2, -0.15) is 22.3 Å². The van der Waals surface area contributed by atoms with Crippen molar-refractivity contribution in [1.29, 1.82) is 0 Å². The van der Waals surface area contributed by atoms with Crippen molar-refractivity contribution in [3.05, 3.63) is 45.6 Å². The fraction of sp³-hybridized carbons (Fsp3) is 0.619. The summed E-state index contributed by atoms with van der Waals surface area (Å²) in [5, 5.41) is 0. The van der Waals surface area contributed by atoms with Gasteiger partial charge in [0.15, 0.2) is 0 Å². The zero-order chi connectivity index (χ0) is 19.1. The maximum absolute atomic E-state index is 4.93. The normalized spacial score (nSPS) is 21.4. The molecule has 1 atom stereocenters. The molecule has 0 spiro atoms. The van der Waals surface area contributed by atoms with Gasteiger partial charge in [-0.1, -0.05) is 72.6 Å². The average molecular weight is 447 g/mol.